The maximum atomic E-state index is 12.6. The van der Waals surface area contributed by atoms with E-state index in [2.05, 4.69) is 5.32 Å². The molecule has 0 bridgehead atoms. The topological polar surface area (TPSA) is 75.5 Å². The molecule has 1 saturated heterocycles. The number of non-ortho nitro benzene ring substituents is 1. The third-order valence-corrected chi connectivity index (χ3v) is 4.06. The molecule has 1 aromatic carbocycles. The summed E-state index contributed by atoms with van der Waals surface area (Å²) in [7, 11) is 1.82. The molecule has 122 valence electrons. The molecule has 1 fully saturated rings. The number of halogens is 1. The molecular weight excluding hydrogens is 306 g/mol. The lowest BCUT2D eigenvalue weighted by molar-refractivity contribution is -0.384. The van der Waals surface area contributed by atoms with E-state index in [1.54, 1.807) is 17.9 Å². The molecule has 0 aliphatic carbocycles. The molecule has 1 N–H and O–H groups in total. The third-order valence-electron chi connectivity index (χ3n) is 4.06. The number of nitrogens with zero attached hydrogens (tertiary/aromatic N) is 2. The minimum Gasteiger partial charge on any atom is -0.339 e. The molecule has 1 aromatic rings. The van der Waals surface area contributed by atoms with Gasteiger partial charge in [0.15, 0.2) is 0 Å². The van der Waals surface area contributed by atoms with Gasteiger partial charge in [0, 0.05) is 30.8 Å². The van der Waals surface area contributed by atoms with E-state index in [-0.39, 0.29) is 30.0 Å². The van der Waals surface area contributed by atoms with Crippen molar-refractivity contribution in [2.75, 3.05) is 20.1 Å². The van der Waals surface area contributed by atoms with Crippen molar-refractivity contribution in [1.29, 1.82) is 0 Å². The van der Waals surface area contributed by atoms with E-state index >= 15 is 0 Å². The van der Waals surface area contributed by atoms with Crippen LogP contribution in [0.15, 0.2) is 18.2 Å². The van der Waals surface area contributed by atoms with Gasteiger partial charge in [0.05, 0.1) is 4.92 Å². The van der Waals surface area contributed by atoms with Crippen molar-refractivity contribution in [3.8, 4) is 0 Å². The Balaban J connectivity index is 0.00000242. The summed E-state index contributed by atoms with van der Waals surface area (Å²) < 4.78 is 0. The fourth-order valence-corrected chi connectivity index (χ4v) is 2.75. The summed E-state index contributed by atoms with van der Waals surface area (Å²) in [6, 6.07) is 4.63. The molecule has 1 heterocycles. The van der Waals surface area contributed by atoms with Gasteiger partial charge in [-0.15, -0.1) is 12.4 Å². The number of nitrogens with one attached hydrogen (secondary N) is 1. The summed E-state index contributed by atoms with van der Waals surface area (Å²) in [5.74, 6) is -0.0608. The number of carbonyl (C=O) groups is 1. The first-order valence-electron chi connectivity index (χ1n) is 7.23. The zero-order chi connectivity index (χ0) is 15.4. The van der Waals surface area contributed by atoms with Gasteiger partial charge in [0.25, 0.3) is 11.6 Å². The number of rotatable bonds is 3. The Morgan fingerprint density at radius 1 is 1.36 bits per heavy atom. The maximum absolute atomic E-state index is 12.6. The average Bonchev–Trinajstić information content (AvgIpc) is 2.74. The number of hydrogen-bond acceptors (Lipinski definition) is 4. The second-order valence-electron chi connectivity index (χ2n) is 5.51. The largest absolute Gasteiger partial charge is 0.339 e. The van der Waals surface area contributed by atoms with Gasteiger partial charge in [-0.1, -0.05) is 0 Å². The molecule has 1 unspecified atom stereocenters. The summed E-state index contributed by atoms with van der Waals surface area (Å²) in [6.45, 7) is 3.65. The van der Waals surface area contributed by atoms with Crippen molar-refractivity contribution in [3.05, 3.63) is 39.4 Å². The summed E-state index contributed by atoms with van der Waals surface area (Å²) in [5.41, 5.74) is 1.21. The monoisotopic (exact) mass is 327 g/mol. The zero-order valence-electron chi connectivity index (χ0n) is 12.9. The predicted molar refractivity (Wildman–Crippen MR) is 87.7 cm³/mol. The number of amides is 1. The highest BCUT2D eigenvalue weighted by atomic mass is 35.5. The van der Waals surface area contributed by atoms with Crippen LogP contribution in [0.1, 0.15) is 35.2 Å². The van der Waals surface area contributed by atoms with E-state index in [4.69, 9.17) is 0 Å². The minimum absolute atomic E-state index is 0. The number of benzene rings is 1. The molecule has 1 atom stereocenters. The van der Waals surface area contributed by atoms with Gasteiger partial charge in [0.2, 0.25) is 0 Å². The standard InChI is InChI=1S/C15H21N3O3.ClH/c1-11-10-13(18(20)21)5-6-14(11)15(19)17(2)12-4-3-8-16-9-7-12;/h5-6,10,12,16H,3-4,7-9H2,1-2H3;1H. The Morgan fingerprint density at radius 3 is 2.73 bits per heavy atom. The van der Waals surface area contributed by atoms with Crippen molar-refractivity contribution < 1.29 is 9.72 Å². The molecule has 0 radical (unpaired) electrons. The van der Waals surface area contributed by atoms with Crippen molar-refractivity contribution in [1.82, 2.24) is 10.2 Å². The lowest BCUT2D eigenvalue weighted by Crippen LogP contribution is -2.37. The number of carbonyl (C=O) groups excluding carboxylic acids is 1. The minimum atomic E-state index is -0.443. The van der Waals surface area contributed by atoms with Gasteiger partial charge >= 0.3 is 0 Å². The van der Waals surface area contributed by atoms with Crippen LogP contribution >= 0.6 is 12.4 Å². The van der Waals surface area contributed by atoms with Crippen molar-refractivity contribution in [2.24, 2.45) is 0 Å². The molecular formula is C15H22ClN3O3. The molecule has 1 aliphatic heterocycles. The van der Waals surface area contributed by atoms with Crippen LogP contribution in [0.4, 0.5) is 5.69 Å². The first-order chi connectivity index (χ1) is 10.0. The molecule has 0 aromatic heterocycles. The van der Waals surface area contributed by atoms with E-state index in [0.29, 0.717) is 11.1 Å². The SMILES string of the molecule is Cc1cc([N+](=O)[O-])ccc1C(=O)N(C)C1CCCNCC1.Cl. The summed E-state index contributed by atoms with van der Waals surface area (Å²) in [6.07, 6.45) is 2.98. The normalized spacial score (nSPS) is 18.0. The molecule has 0 spiro atoms. The fraction of sp³-hybridized carbons (Fsp3) is 0.533. The van der Waals surface area contributed by atoms with Crippen LogP contribution in [0.3, 0.4) is 0 Å². The Labute approximate surface area is 136 Å². The van der Waals surface area contributed by atoms with Crippen LogP contribution in [0, 0.1) is 17.0 Å². The zero-order valence-corrected chi connectivity index (χ0v) is 13.7. The third kappa shape index (κ3) is 4.18. The highest BCUT2D eigenvalue weighted by Crippen LogP contribution is 2.21. The molecule has 2 rings (SSSR count). The quantitative estimate of drug-likeness (QED) is 0.683. The van der Waals surface area contributed by atoms with Gasteiger partial charge in [-0.2, -0.15) is 0 Å². The van der Waals surface area contributed by atoms with Crippen LogP contribution in [0.5, 0.6) is 0 Å². The van der Waals surface area contributed by atoms with Crippen LogP contribution in [0.2, 0.25) is 0 Å². The van der Waals surface area contributed by atoms with Crippen LogP contribution in [-0.4, -0.2) is 41.9 Å². The van der Waals surface area contributed by atoms with E-state index < -0.39 is 4.92 Å². The Kier molecular flexibility index (Phi) is 6.77. The van der Waals surface area contributed by atoms with E-state index in [1.165, 1.54) is 12.1 Å². The first-order valence-corrected chi connectivity index (χ1v) is 7.23. The Bertz CT molecular complexity index is 543. The maximum Gasteiger partial charge on any atom is 0.269 e. The lowest BCUT2D eigenvalue weighted by atomic mass is 10.0. The molecule has 1 aliphatic rings. The molecule has 6 nitrogen and oxygen atoms in total. The van der Waals surface area contributed by atoms with Crippen molar-refractivity contribution >= 4 is 24.0 Å². The second-order valence-corrected chi connectivity index (χ2v) is 5.51. The number of nitro benzene ring substituents is 1. The van der Waals surface area contributed by atoms with Gasteiger partial charge < -0.3 is 10.2 Å². The second kappa shape index (κ2) is 8.10. The molecule has 22 heavy (non-hydrogen) atoms. The number of hydrogen-bond donors (Lipinski definition) is 1. The smallest absolute Gasteiger partial charge is 0.269 e. The highest BCUT2D eigenvalue weighted by molar-refractivity contribution is 5.96. The number of aryl methyl sites for hydroxylation is 1. The van der Waals surface area contributed by atoms with Crippen LogP contribution in [-0.2, 0) is 0 Å². The Hall–Kier alpha value is -1.66. The summed E-state index contributed by atoms with van der Waals surface area (Å²) in [4.78, 5) is 24.7. The van der Waals surface area contributed by atoms with Crippen LogP contribution in [0.25, 0.3) is 0 Å². The van der Waals surface area contributed by atoms with Crippen LogP contribution < -0.4 is 5.32 Å². The average molecular weight is 328 g/mol. The van der Waals surface area contributed by atoms with Crippen molar-refractivity contribution in [2.45, 2.75) is 32.2 Å². The lowest BCUT2D eigenvalue weighted by Gasteiger charge is -2.27. The predicted octanol–water partition coefficient (Wildman–Crippen LogP) is 2.54. The van der Waals surface area contributed by atoms with Crippen molar-refractivity contribution in [3.63, 3.8) is 0 Å². The van der Waals surface area contributed by atoms with E-state index in [9.17, 15) is 14.9 Å². The molecule has 0 saturated carbocycles. The molecule has 1 amide bonds. The van der Waals surface area contributed by atoms with E-state index in [0.717, 1.165) is 32.4 Å². The Morgan fingerprint density at radius 2 is 2.09 bits per heavy atom. The van der Waals surface area contributed by atoms with Gasteiger partial charge in [-0.3, -0.25) is 14.9 Å². The van der Waals surface area contributed by atoms with Gasteiger partial charge in [-0.05, 0) is 50.9 Å². The molecule has 7 heteroatoms. The van der Waals surface area contributed by atoms with E-state index in [1.807, 2.05) is 7.05 Å². The first kappa shape index (κ1) is 18.4. The number of nitro groups is 1. The highest BCUT2D eigenvalue weighted by Gasteiger charge is 2.23. The fourth-order valence-electron chi connectivity index (χ4n) is 2.75. The summed E-state index contributed by atoms with van der Waals surface area (Å²) >= 11 is 0. The summed E-state index contributed by atoms with van der Waals surface area (Å²) in [5, 5.41) is 14.1. The van der Waals surface area contributed by atoms with Gasteiger partial charge in [0.1, 0.15) is 0 Å². The van der Waals surface area contributed by atoms with Gasteiger partial charge in [-0.25, -0.2) is 0 Å².